The van der Waals surface area contributed by atoms with Gasteiger partial charge in [-0.25, -0.2) is 4.79 Å². The Kier molecular flexibility index (Phi) is 20.3. The van der Waals surface area contributed by atoms with Gasteiger partial charge >= 0.3 is 13.7 Å². The number of aliphatic hydroxyl groups excluding tert-OH is 1. The molecular formula is C33H55ClN3O10P. The summed E-state index contributed by atoms with van der Waals surface area (Å²) >= 11 is 6.05. The summed E-state index contributed by atoms with van der Waals surface area (Å²) in [5.41, 5.74) is 0.684. The van der Waals surface area contributed by atoms with Gasteiger partial charge in [0.1, 0.15) is 12.6 Å². The average molecular weight is 720 g/mol. The van der Waals surface area contributed by atoms with E-state index in [4.69, 9.17) is 34.9 Å². The number of likely N-dealkylation sites (N-methyl/N-ethyl adjacent to an activating group) is 1. The van der Waals surface area contributed by atoms with E-state index in [1.165, 1.54) is 4.90 Å². The molecule has 0 aliphatic heterocycles. The molecule has 3 atom stereocenters. The maximum atomic E-state index is 13.9. The lowest BCUT2D eigenvalue weighted by atomic mass is 9.84. The lowest BCUT2D eigenvalue weighted by molar-refractivity contribution is -0.131. The zero-order valence-electron chi connectivity index (χ0n) is 28.8. The number of nitrogens with one attached hydrogen (secondary N) is 2. The third kappa shape index (κ3) is 15.5. The molecule has 3 N–H and O–H groups in total. The first kappa shape index (κ1) is 41.9. The number of carbonyl (C=O) groups is 3. The highest BCUT2D eigenvalue weighted by Gasteiger charge is 2.42. The maximum absolute atomic E-state index is 13.9. The Morgan fingerprint density at radius 2 is 1.69 bits per heavy atom. The van der Waals surface area contributed by atoms with Crippen LogP contribution in [0.5, 0.6) is 0 Å². The first-order valence-corrected chi connectivity index (χ1v) is 19.0. The third-order valence-electron chi connectivity index (χ3n) is 8.03. The number of rotatable bonds is 23. The highest BCUT2D eigenvalue weighted by Crippen LogP contribution is 2.53. The number of alkyl carbamates (subject to hydrolysis) is 1. The van der Waals surface area contributed by atoms with Crippen molar-refractivity contribution in [3.05, 3.63) is 34.9 Å². The van der Waals surface area contributed by atoms with Crippen LogP contribution in [0.25, 0.3) is 0 Å². The number of hydrogen-bond donors (Lipinski definition) is 3. The van der Waals surface area contributed by atoms with Crippen molar-refractivity contribution in [1.82, 2.24) is 15.5 Å². The van der Waals surface area contributed by atoms with Crippen LogP contribution in [0, 0.1) is 5.92 Å². The fourth-order valence-corrected chi connectivity index (χ4v) is 7.43. The molecule has 13 nitrogen and oxygen atoms in total. The lowest BCUT2D eigenvalue weighted by Gasteiger charge is -2.32. The number of halogens is 1. The monoisotopic (exact) mass is 719 g/mol. The van der Waals surface area contributed by atoms with Crippen LogP contribution in [0.1, 0.15) is 77.7 Å². The number of aliphatic hydroxyl groups is 1. The molecule has 3 amide bonds. The molecule has 0 aromatic heterocycles. The molecule has 1 saturated carbocycles. The summed E-state index contributed by atoms with van der Waals surface area (Å²) in [4.78, 5) is 41.3. The Morgan fingerprint density at radius 1 is 1.00 bits per heavy atom. The molecule has 48 heavy (non-hydrogen) atoms. The number of nitrogens with zero attached hydrogens (tertiary/aromatic N) is 1. The van der Waals surface area contributed by atoms with Crippen LogP contribution >= 0.6 is 19.2 Å². The SMILES string of the molecule is CCOCCOCCN(C)C(=O)CC[C@H](NC(=O)[C@@H](CC1CCCCC1)NC(=O)OCc1cccc(Cl)c1)C(O)P(=O)(OCC)OCC. The zero-order chi connectivity index (χ0) is 35.4. The van der Waals surface area contributed by atoms with Gasteiger partial charge in [-0.2, -0.15) is 0 Å². The topological polar surface area (TPSA) is 162 Å². The predicted octanol–water partition coefficient (Wildman–Crippen LogP) is 5.27. The molecule has 2 rings (SSSR count). The van der Waals surface area contributed by atoms with Crippen molar-refractivity contribution in [1.29, 1.82) is 0 Å². The second kappa shape index (κ2) is 23.2. The van der Waals surface area contributed by atoms with E-state index in [1.807, 2.05) is 6.92 Å². The van der Waals surface area contributed by atoms with E-state index in [1.54, 1.807) is 45.2 Å². The molecule has 1 aliphatic rings. The Morgan fingerprint density at radius 3 is 2.33 bits per heavy atom. The standard InChI is InChI=1S/C33H55ClN3O10P/c1-5-43-20-21-44-19-18-37(4)30(38)17-16-28(32(40)48(42,46-6-2)47-7-3)35-31(39)29(23-25-12-9-8-10-13-25)36-33(41)45-24-26-14-11-15-27(34)22-26/h11,14-15,22,25,28-29,32,40H,5-10,12-13,16-21,23-24H2,1-4H3,(H,35,39)(H,36,41)/t28-,29+,32?/m0/s1. The van der Waals surface area contributed by atoms with Gasteiger partial charge in [-0.3, -0.25) is 14.2 Å². The largest absolute Gasteiger partial charge is 0.445 e. The summed E-state index contributed by atoms with van der Waals surface area (Å²) in [5.74, 6) is -2.45. The van der Waals surface area contributed by atoms with Crippen molar-refractivity contribution >= 4 is 37.1 Å². The van der Waals surface area contributed by atoms with Gasteiger partial charge < -0.3 is 43.9 Å². The Bertz CT molecular complexity index is 1150. The van der Waals surface area contributed by atoms with Crippen LogP contribution in [0.4, 0.5) is 4.79 Å². The Labute approximate surface area is 290 Å². The van der Waals surface area contributed by atoms with E-state index in [-0.39, 0.29) is 44.5 Å². The molecule has 0 saturated heterocycles. The van der Waals surface area contributed by atoms with E-state index in [0.717, 1.165) is 32.1 Å². The summed E-state index contributed by atoms with van der Waals surface area (Å²) < 4.78 is 40.5. The molecule has 0 spiro atoms. The third-order valence-corrected chi connectivity index (χ3v) is 10.5. The number of carbonyl (C=O) groups excluding carboxylic acids is 3. The minimum absolute atomic E-state index is 0.00963. The van der Waals surface area contributed by atoms with Crippen LogP contribution in [0.15, 0.2) is 24.3 Å². The van der Waals surface area contributed by atoms with Crippen molar-refractivity contribution in [2.24, 2.45) is 5.92 Å². The van der Waals surface area contributed by atoms with Crippen LogP contribution in [0.3, 0.4) is 0 Å². The minimum atomic E-state index is -4.12. The quantitative estimate of drug-likeness (QED) is 0.100. The molecule has 0 heterocycles. The van der Waals surface area contributed by atoms with Crippen molar-refractivity contribution in [2.45, 2.75) is 96.7 Å². The van der Waals surface area contributed by atoms with E-state index < -0.39 is 37.5 Å². The van der Waals surface area contributed by atoms with E-state index in [0.29, 0.717) is 50.0 Å². The minimum Gasteiger partial charge on any atom is -0.445 e. The fraction of sp³-hybridized carbons (Fsp3) is 0.727. The number of benzene rings is 1. The number of ether oxygens (including phenoxy) is 3. The first-order valence-electron chi connectivity index (χ1n) is 17.0. The van der Waals surface area contributed by atoms with Crippen molar-refractivity contribution in [3.8, 4) is 0 Å². The first-order chi connectivity index (χ1) is 23.0. The second-order valence-electron chi connectivity index (χ2n) is 11.7. The Hall–Kier alpha value is -2.25. The molecule has 1 aliphatic carbocycles. The number of hydrogen-bond acceptors (Lipinski definition) is 10. The van der Waals surface area contributed by atoms with Gasteiger partial charge in [-0.1, -0.05) is 55.8 Å². The maximum Gasteiger partial charge on any atom is 0.408 e. The van der Waals surface area contributed by atoms with Crippen molar-refractivity contribution < 1.29 is 47.3 Å². The van der Waals surface area contributed by atoms with E-state index in [9.17, 15) is 24.1 Å². The predicted molar refractivity (Wildman–Crippen MR) is 183 cm³/mol. The summed E-state index contributed by atoms with van der Waals surface area (Å²) in [6.45, 7) is 7.14. The smallest absolute Gasteiger partial charge is 0.408 e. The van der Waals surface area contributed by atoms with Crippen LogP contribution < -0.4 is 10.6 Å². The second-order valence-corrected chi connectivity index (χ2v) is 14.3. The molecule has 1 unspecified atom stereocenters. The van der Waals surface area contributed by atoms with E-state index in [2.05, 4.69) is 10.6 Å². The summed E-state index contributed by atoms with van der Waals surface area (Å²) in [5, 5.41) is 17.3. The molecular weight excluding hydrogens is 665 g/mol. The van der Waals surface area contributed by atoms with Crippen molar-refractivity contribution in [2.75, 3.05) is 53.2 Å². The highest BCUT2D eigenvalue weighted by atomic mass is 35.5. The molecule has 1 aromatic rings. The van der Waals surface area contributed by atoms with Crippen LogP contribution in [0.2, 0.25) is 5.02 Å². The summed E-state index contributed by atoms with van der Waals surface area (Å²) in [6, 6.07) is 4.69. The fourth-order valence-electron chi connectivity index (χ4n) is 5.46. The van der Waals surface area contributed by atoms with Gasteiger partial charge in [0.2, 0.25) is 11.8 Å². The molecule has 15 heteroatoms. The molecule has 274 valence electrons. The van der Waals surface area contributed by atoms with Gasteiger partial charge in [-0.15, -0.1) is 0 Å². The molecule has 1 aromatic carbocycles. The molecule has 0 radical (unpaired) electrons. The molecule has 0 bridgehead atoms. The van der Waals surface area contributed by atoms with Gasteiger partial charge in [-0.05, 0) is 57.2 Å². The van der Waals surface area contributed by atoms with Gasteiger partial charge in [0.05, 0.1) is 39.1 Å². The highest BCUT2D eigenvalue weighted by molar-refractivity contribution is 7.54. The Balaban J connectivity index is 2.17. The molecule has 1 fully saturated rings. The normalized spacial score (nSPS) is 15.7. The lowest BCUT2D eigenvalue weighted by Crippen LogP contribution is -2.53. The van der Waals surface area contributed by atoms with Gasteiger partial charge in [0.25, 0.3) is 0 Å². The summed E-state index contributed by atoms with van der Waals surface area (Å²) in [7, 11) is -2.49. The van der Waals surface area contributed by atoms with Crippen LogP contribution in [-0.2, 0) is 44.0 Å². The zero-order valence-corrected chi connectivity index (χ0v) is 30.5. The van der Waals surface area contributed by atoms with Gasteiger partial charge in [0, 0.05) is 31.6 Å². The van der Waals surface area contributed by atoms with Crippen LogP contribution in [-0.4, -0.2) is 99.1 Å². The van der Waals surface area contributed by atoms with Crippen molar-refractivity contribution in [3.63, 3.8) is 0 Å². The number of amides is 3. The van der Waals surface area contributed by atoms with Gasteiger partial charge in [0.15, 0.2) is 5.85 Å². The summed E-state index contributed by atoms with van der Waals surface area (Å²) in [6.07, 6.45) is 4.39. The average Bonchev–Trinajstić information content (AvgIpc) is 3.07. The van der Waals surface area contributed by atoms with E-state index >= 15 is 0 Å².